The van der Waals surface area contributed by atoms with Gasteiger partial charge in [-0.1, -0.05) is 22.0 Å². The Bertz CT molecular complexity index is 784. The van der Waals surface area contributed by atoms with E-state index in [0.29, 0.717) is 4.88 Å². The largest absolute Gasteiger partial charge is 0.321 e. The molecule has 0 fully saturated rings. The van der Waals surface area contributed by atoms with Crippen LogP contribution in [0.3, 0.4) is 0 Å². The number of nitrogens with one attached hydrogen (secondary N) is 1. The molecule has 0 aliphatic heterocycles. The zero-order valence-corrected chi connectivity index (χ0v) is 13.1. The Kier molecular flexibility index (Phi) is 3.54. The van der Waals surface area contributed by atoms with Gasteiger partial charge in [-0.2, -0.15) is 0 Å². The number of carbonyl (C=O) groups excluding carboxylic acids is 1. The van der Waals surface area contributed by atoms with Crippen molar-refractivity contribution in [1.82, 2.24) is 4.98 Å². The second kappa shape index (κ2) is 5.34. The average Bonchev–Trinajstić information content (AvgIpc) is 2.93. The number of carbonyl (C=O) groups is 1. The van der Waals surface area contributed by atoms with Crippen LogP contribution in [0, 0.1) is 6.92 Å². The molecule has 0 bridgehead atoms. The van der Waals surface area contributed by atoms with Gasteiger partial charge in [-0.3, -0.25) is 9.78 Å². The highest BCUT2D eigenvalue weighted by Crippen LogP contribution is 2.27. The summed E-state index contributed by atoms with van der Waals surface area (Å²) in [6, 6.07) is 11.4. The topological polar surface area (TPSA) is 42.0 Å². The zero-order chi connectivity index (χ0) is 14.1. The summed E-state index contributed by atoms with van der Waals surface area (Å²) in [5.41, 5.74) is 2.53. The van der Waals surface area contributed by atoms with Crippen LogP contribution in [0.1, 0.15) is 15.4 Å². The minimum absolute atomic E-state index is 0.0909. The molecule has 20 heavy (non-hydrogen) atoms. The number of benzene rings is 1. The van der Waals surface area contributed by atoms with E-state index in [1.54, 1.807) is 0 Å². The lowest BCUT2D eigenvalue weighted by Gasteiger charge is -2.09. The summed E-state index contributed by atoms with van der Waals surface area (Å²) in [6.07, 6.45) is 0. The highest BCUT2D eigenvalue weighted by molar-refractivity contribution is 9.10. The lowest BCUT2D eigenvalue weighted by molar-refractivity contribution is 0.103. The molecule has 0 spiro atoms. The first-order valence-electron chi connectivity index (χ1n) is 6.05. The van der Waals surface area contributed by atoms with Crippen molar-refractivity contribution in [2.45, 2.75) is 6.92 Å². The van der Waals surface area contributed by atoms with Gasteiger partial charge in [0, 0.05) is 15.6 Å². The first-order chi connectivity index (χ1) is 9.63. The first kappa shape index (κ1) is 13.3. The van der Waals surface area contributed by atoms with Gasteiger partial charge in [-0.15, -0.1) is 11.3 Å². The van der Waals surface area contributed by atoms with E-state index in [2.05, 4.69) is 26.2 Å². The number of thiophene rings is 1. The Morgan fingerprint density at radius 1 is 1.30 bits per heavy atom. The molecule has 100 valence electrons. The van der Waals surface area contributed by atoms with Crippen LogP contribution < -0.4 is 5.32 Å². The van der Waals surface area contributed by atoms with Crippen molar-refractivity contribution in [3.05, 3.63) is 56.8 Å². The number of rotatable bonds is 2. The summed E-state index contributed by atoms with van der Waals surface area (Å²) in [5, 5.41) is 5.78. The molecule has 3 rings (SSSR count). The number of pyridine rings is 1. The standard InChI is InChI=1S/C15H11BrN2OS/c1-9-7-13(18-15(19)14-3-2-6-20-14)11-8-10(16)4-5-12(11)17-9/h2-8H,1H3,(H,17,18,19). The number of fused-ring (bicyclic) bond motifs is 1. The van der Waals surface area contributed by atoms with E-state index in [9.17, 15) is 4.79 Å². The molecule has 1 aromatic carbocycles. The number of anilines is 1. The number of halogens is 1. The molecule has 0 saturated heterocycles. The third kappa shape index (κ3) is 2.59. The third-order valence-electron chi connectivity index (χ3n) is 2.89. The molecule has 0 radical (unpaired) electrons. The number of hydrogen-bond acceptors (Lipinski definition) is 3. The summed E-state index contributed by atoms with van der Waals surface area (Å²) in [5.74, 6) is -0.0909. The van der Waals surface area contributed by atoms with Crippen molar-refractivity contribution in [2.75, 3.05) is 5.32 Å². The van der Waals surface area contributed by atoms with Gasteiger partial charge < -0.3 is 5.32 Å². The SMILES string of the molecule is Cc1cc(NC(=O)c2cccs2)c2cc(Br)ccc2n1. The molecule has 1 N–H and O–H groups in total. The van der Waals surface area contributed by atoms with Gasteiger partial charge in [0.1, 0.15) is 0 Å². The predicted octanol–water partition coefficient (Wildman–Crippen LogP) is 4.62. The molecular weight excluding hydrogens is 336 g/mol. The highest BCUT2D eigenvalue weighted by Gasteiger charge is 2.10. The Hall–Kier alpha value is -1.72. The Balaban J connectivity index is 2.06. The molecule has 0 unspecified atom stereocenters. The van der Waals surface area contributed by atoms with Crippen LogP contribution in [0.5, 0.6) is 0 Å². The lowest BCUT2D eigenvalue weighted by atomic mass is 10.1. The van der Waals surface area contributed by atoms with Crippen molar-refractivity contribution in [3.63, 3.8) is 0 Å². The summed E-state index contributed by atoms with van der Waals surface area (Å²) >= 11 is 4.88. The monoisotopic (exact) mass is 346 g/mol. The van der Waals surface area contributed by atoms with Crippen molar-refractivity contribution in [1.29, 1.82) is 0 Å². The summed E-state index contributed by atoms with van der Waals surface area (Å²) < 4.78 is 0.960. The fourth-order valence-electron chi connectivity index (χ4n) is 2.03. The van der Waals surface area contributed by atoms with Crippen molar-refractivity contribution < 1.29 is 4.79 Å². The second-order valence-electron chi connectivity index (χ2n) is 4.40. The second-order valence-corrected chi connectivity index (χ2v) is 6.27. The molecule has 3 nitrogen and oxygen atoms in total. The van der Waals surface area contributed by atoms with Crippen molar-refractivity contribution >= 4 is 49.8 Å². The van der Waals surface area contributed by atoms with Gasteiger partial charge in [0.2, 0.25) is 0 Å². The number of hydrogen-bond donors (Lipinski definition) is 1. The van der Waals surface area contributed by atoms with Crippen LogP contribution in [0.15, 0.2) is 46.3 Å². The predicted molar refractivity (Wildman–Crippen MR) is 86.5 cm³/mol. The number of aromatic nitrogens is 1. The van der Waals surface area contributed by atoms with Gasteiger partial charge in [0.15, 0.2) is 0 Å². The summed E-state index contributed by atoms with van der Waals surface area (Å²) in [7, 11) is 0. The van der Waals surface area contributed by atoms with E-state index in [4.69, 9.17) is 0 Å². The first-order valence-corrected chi connectivity index (χ1v) is 7.72. The van der Waals surface area contributed by atoms with Crippen LogP contribution in [0.4, 0.5) is 5.69 Å². The number of nitrogens with zero attached hydrogens (tertiary/aromatic N) is 1. The maximum atomic E-state index is 12.2. The Morgan fingerprint density at radius 3 is 2.90 bits per heavy atom. The maximum Gasteiger partial charge on any atom is 0.265 e. The maximum absolute atomic E-state index is 12.2. The fraction of sp³-hybridized carbons (Fsp3) is 0.0667. The smallest absolute Gasteiger partial charge is 0.265 e. The highest BCUT2D eigenvalue weighted by atomic mass is 79.9. The number of aryl methyl sites for hydroxylation is 1. The van der Waals surface area contributed by atoms with Crippen LogP contribution in [-0.4, -0.2) is 10.9 Å². The Labute approximate surface area is 128 Å². The molecule has 2 aromatic heterocycles. The molecule has 0 aliphatic carbocycles. The quantitative estimate of drug-likeness (QED) is 0.735. The average molecular weight is 347 g/mol. The van der Waals surface area contributed by atoms with E-state index in [1.165, 1.54) is 11.3 Å². The minimum atomic E-state index is -0.0909. The minimum Gasteiger partial charge on any atom is -0.321 e. The van der Waals surface area contributed by atoms with Crippen LogP contribution >= 0.6 is 27.3 Å². The van der Waals surface area contributed by atoms with Gasteiger partial charge >= 0.3 is 0 Å². The molecule has 3 aromatic rings. The normalized spacial score (nSPS) is 10.7. The van der Waals surface area contributed by atoms with E-state index in [-0.39, 0.29) is 5.91 Å². The van der Waals surface area contributed by atoms with E-state index in [0.717, 1.165) is 26.8 Å². The summed E-state index contributed by atoms with van der Waals surface area (Å²) in [6.45, 7) is 1.92. The third-order valence-corrected chi connectivity index (χ3v) is 4.25. The Morgan fingerprint density at radius 2 is 2.15 bits per heavy atom. The van der Waals surface area contributed by atoms with E-state index < -0.39 is 0 Å². The summed E-state index contributed by atoms with van der Waals surface area (Å²) in [4.78, 5) is 17.4. The lowest BCUT2D eigenvalue weighted by Crippen LogP contribution is -2.11. The van der Waals surface area contributed by atoms with Crippen LogP contribution in [0.2, 0.25) is 0 Å². The van der Waals surface area contributed by atoms with Crippen molar-refractivity contribution in [2.24, 2.45) is 0 Å². The molecule has 0 aliphatic rings. The molecule has 0 atom stereocenters. The molecular formula is C15H11BrN2OS. The molecule has 0 saturated carbocycles. The van der Waals surface area contributed by atoms with E-state index in [1.807, 2.05) is 48.7 Å². The molecule has 1 amide bonds. The van der Waals surface area contributed by atoms with Gasteiger partial charge in [-0.25, -0.2) is 0 Å². The zero-order valence-electron chi connectivity index (χ0n) is 10.7. The molecule has 2 heterocycles. The fourth-order valence-corrected chi connectivity index (χ4v) is 3.01. The van der Waals surface area contributed by atoms with Crippen LogP contribution in [0.25, 0.3) is 10.9 Å². The molecule has 5 heteroatoms. The van der Waals surface area contributed by atoms with Crippen molar-refractivity contribution in [3.8, 4) is 0 Å². The van der Waals surface area contributed by atoms with Gasteiger partial charge in [0.05, 0.1) is 16.1 Å². The van der Waals surface area contributed by atoms with Gasteiger partial charge in [0.25, 0.3) is 5.91 Å². The number of amides is 1. The van der Waals surface area contributed by atoms with E-state index >= 15 is 0 Å². The van der Waals surface area contributed by atoms with Gasteiger partial charge in [-0.05, 0) is 42.6 Å². The van der Waals surface area contributed by atoms with Crippen LogP contribution in [-0.2, 0) is 0 Å².